The third-order valence-corrected chi connectivity index (χ3v) is 6.84. The van der Waals surface area contributed by atoms with Gasteiger partial charge in [0.2, 0.25) is 24.1 Å². The summed E-state index contributed by atoms with van der Waals surface area (Å²) < 4.78 is 24.3. The normalized spacial score (nSPS) is 16.8. The number of Topliss-reactive ketones (excluding diaryl/α,β-unsaturated/α-hetero) is 1. The SMILES string of the molecule is COc1c([C@@H]2C(C(=O)c3cccs3)=C(O)C(=O)N2CCCn2ccnc2)cc2c(c1OC)OCO2. The van der Waals surface area contributed by atoms with Crippen LogP contribution >= 0.6 is 11.3 Å². The molecule has 2 aliphatic rings. The molecule has 1 amide bonds. The first-order valence-electron chi connectivity index (χ1n) is 10.9. The third-order valence-electron chi connectivity index (χ3n) is 5.97. The Labute approximate surface area is 204 Å². The van der Waals surface area contributed by atoms with E-state index in [1.807, 2.05) is 10.8 Å². The van der Waals surface area contributed by atoms with Gasteiger partial charge in [-0.2, -0.15) is 0 Å². The minimum atomic E-state index is -0.918. The Morgan fingerprint density at radius 3 is 2.77 bits per heavy atom. The number of nitrogens with zero attached hydrogens (tertiary/aromatic N) is 3. The first-order valence-corrected chi connectivity index (χ1v) is 11.8. The van der Waals surface area contributed by atoms with Crippen molar-refractivity contribution in [3.63, 3.8) is 0 Å². The van der Waals surface area contributed by atoms with Crippen molar-refractivity contribution < 1.29 is 33.6 Å². The summed E-state index contributed by atoms with van der Waals surface area (Å²) >= 11 is 1.24. The van der Waals surface area contributed by atoms with Gasteiger partial charge >= 0.3 is 0 Å². The fraction of sp³-hybridized carbons (Fsp3) is 0.292. The predicted molar refractivity (Wildman–Crippen MR) is 125 cm³/mol. The fourth-order valence-corrected chi connectivity index (χ4v) is 5.11. The standard InChI is InChI=1S/C24H23N3O7S/c1-31-21-14(11-15-22(23(21)32-2)34-13-33-15)18-17(19(28)16-5-3-10-35-16)20(29)24(30)27(18)8-4-7-26-9-6-25-12-26/h3,5-6,9-12,18,29H,4,7-8,13H2,1-2H3/t18-/m1/s1. The third kappa shape index (κ3) is 3.87. The fourth-order valence-electron chi connectivity index (χ4n) is 4.44. The molecule has 0 bridgehead atoms. The number of rotatable bonds is 9. The number of ether oxygens (including phenoxy) is 4. The van der Waals surface area contributed by atoms with E-state index in [9.17, 15) is 14.7 Å². The quantitative estimate of drug-likeness (QED) is 0.448. The largest absolute Gasteiger partial charge is 0.503 e. The molecule has 11 heteroatoms. The number of aromatic nitrogens is 2. The van der Waals surface area contributed by atoms with Gasteiger partial charge in [-0.25, -0.2) is 4.98 Å². The molecular weight excluding hydrogens is 474 g/mol. The number of hydrogen-bond acceptors (Lipinski definition) is 9. The number of carbonyl (C=O) groups excluding carboxylic acids is 2. The second kappa shape index (κ2) is 9.34. The van der Waals surface area contributed by atoms with Crippen LogP contribution in [0.2, 0.25) is 0 Å². The molecule has 1 atom stereocenters. The predicted octanol–water partition coefficient (Wildman–Crippen LogP) is 3.36. The van der Waals surface area contributed by atoms with Crippen LogP contribution in [0, 0.1) is 0 Å². The Morgan fingerprint density at radius 1 is 1.26 bits per heavy atom. The van der Waals surface area contributed by atoms with Gasteiger partial charge in [-0.05, 0) is 23.9 Å². The summed E-state index contributed by atoms with van der Waals surface area (Å²) in [6, 6.07) is 4.16. The molecule has 4 heterocycles. The van der Waals surface area contributed by atoms with Crippen LogP contribution < -0.4 is 18.9 Å². The lowest BCUT2D eigenvalue weighted by atomic mass is 9.93. The van der Waals surface area contributed by atoms with E-state index in [1.165, 1.54) is 30.5 Å². The number of imidazole rings is 1. The highest BCUT2D eigenvalue weighted by Crippen LogP contribution is 2.53. The van der Waals surface area contributed by atoms with E-state index in [0.717, 1.165) is 0 Å². The molecule has 35 heavy (non-hydrogen) atoms. The Hall–Kier alpha value is -3.99. The van der Waals surface area contributed by atoms with E-state index in [-0.39, 0.29) is 24.7 Å². The second-order valence-corrected chi connectivity index (χ2v) is 8.84. The topological polar surface area (TPSA) is 112 Å². The van der Waals surface area contributed by atoms with Crippen molar-refractivity contribution in [3.05, 3.63) is 64.1 Å². The van der Waals surface area contributed by atoms with Gasteiger partial charge in [0.05, 0.1) is 37.0 Å². The number of benzene rings is 1. The van der Waals surface area contributed by atoms with Crippen LogP contribution in [0.25, 0.3) is 0 Å². The van der Waals surface area contributed by atoms with E-state index >= 15 is 0 Å². The van der Waals surface area contributed by atoms with Gasteiger partial charge in [0.25, 0.3) is 5.91 Å². The van der Waals surface area contributed by atoms with Crippen molar-refractivity contribution >= 4 is 23.0 Å². The van der Waals surface area contributed by atoms with Crippen LogP contribution in [0.15, 0.2) is 53.6 Å². The van der Waals surface area contributed by atoms with Crippen LogP contribution in [0.1, 0.15) is 27.7 Å². The Kier molecular flexibility index (Phi) is 6.08. The number of aliphatic hydroxyl groups is 1. The zero-order valence-corrected chi connectivity index (χ0v) is 19.9. The Morgan fingerprint density at radius 2 is 2.09 bits per heavy atom. The number of thiophene rings is 1. The first kappa shape index (κ1) is 22.8. The average Bonchev–Trinajstić information content (AvgIpc) is 3.67. The van der Waals surface area contributed by atoms with Crippen molar-refractivity contribution in [2.45, 2.75) is 19.0 Å². The van der Waals surface area contributed by atoms with E-state index in [4.69, 9.17) is 18.9 Å². The number of aryl methyl sites for hydroxylation is 1. The van der Waals surface area contributed by atoms with E-state index < -0.39 is 23.5 Å². The first-order chi connectivity index (χ1) is 17.0. The second-order valence-electron chi connectivity index (χ2n) is 7.89. The maximum Gasteiger partial charge on any atom is 0.290 e. The van der Waals surface area contributed by atoms with Crippen LogP contribution in [0.4, 0.5) is 0 Å². The zero-order valence-electron chi connectivity index (χ0n) is 19.1. The van der Waals surface area contributed by atoms with E-state index in [2.05, 4.69) is 4.98 Å². The Balaban J connectivity index is 1.60. The number of fused-ring (bicyclic) bond motifs is 1. The summed E-state index contributed by atoms with van der Waals surface area (Å²) in [5.41, 5.74) is 0.438. The van der Waals surface area contributed by atoms with Gasteiger partial charge in [-0.3, -0.25) is 9.59 Å². The molecule has 0 saturated heterocycles. The average molecular weight is 498 g/mol. The minimum Gasteiger partial charge on any atom is -0.503 e. The number of hydrogen-bond donors (Lipinski definition) is 1. The summed E-state index contributed by atoms with van der Waals surface area (Å²) in [6.07, 6.45) is 5.77. The molecule has 0 radical (unpaired) electrons. The number of methoxy groups -OCH3 is 2. The van der Waals surface area contributed by atoms with E-state index in [1.54, 1.807) is 36.1 Å². The van der Waals surface area contributed by atoms with Crippen molar-refractivity contribution in [1.82, 2.24) is 14.5 Å². The van der Waals surface area contributed by atoms with Crippen molar-refractivity contribution in [3.8, 4) is 23.0 Å². The van der Waals surface area contributed by atoms with Crippen LogP contribution in [0.3, 0.4) is 0 Å². The van der Waals surface area contributed by atoms with Gasteiger partial charge in [0, 0.05) is 31.0 Å². The molecule has 1 N–H and O–H groups in total. The van der Waals surface area contributed by atoms with Crippen molar-refractivity contribution in [2.75, 3.05) is 27.6 Å². The van der Waals surface area contributed by atoms with Crippen LogP contribution in [0.5, 0.6) is 23.0 Å². The van der Waals surface area contributed by atoms with Gasteiger partial charge in [-0.15, -0.1) is 11.3 Å². The zero-order chi connectivity index (χ0) is 24.5. The van der Waals surface area contributed by atoms with Crippen molar-refractivity contribution in [1.29, 1.82) is 0 Å². The van der Waals surface area contributed by atoms with Crippen molar-refractivity contribution in [2.24, 2.45) is 0 Å². The summed E-state index contributed by atoms with van der Waals surface area (Å²) in [7, 11) is 2.94. The summed E-state index contributed by atoms with van der Waals surface area (Å²) in [6.45, 7) is 0.874. The summed E-state index contributed by atoms with van der Waals surface area (Å²) in [4.78, 5) is 32.7. The highest BCUT2D eigenvalue weighted by atomic mass is 32.1. The van der Waals surface area contributed by atoms with E-state index in [0.29, 0.717) is 40.7 Å². The molecule has 182 valence electrons. The molecule has 1 aromatic carbocycles. The lowest BCUT2D eigenvalue weighted by Gasteiger charge is -2.28. The molecule has 10 nitrogen and oxygen atoms in total. The molecule has 2 aromatic heterocycles. The maximum atomic E-state index is 13.5. The number of aliphatic hydroxyl groups excluding tert-OH is 1. The smallest absolute Gasteiger partial charge is 0.290 e. The minimum absolute atomic E-state index is 0.00140. The molecule has 0 fully saturated rings. The number of amides is 1. The molecule has 0 aliphatic carbocycles. The van der Waals surface area contributed by atoms with Gasteiger partial charge in [-0.1, -0.05) is 6.07 Å². The molecule has 0 unspecified atom stereocenters. The summed E-state index contributed by atoms with van der Waals surface area (Å²) in [5, 5.41) is 12.7. The molecule has 0 saturated carbocycles. The monoisotopic (exact) mass is 497 g/mol. The van der Waals surface area contributed by atoms with Gasteiger partial charge in [0.1, 0.15) is 0 Å². The Bertz CT molecular complexity index is 1280. The molecular formula is C24H23N3O7S. The van der Waals surface area contributed by atoms with Gasteiger partial charge < -0.3 is 33.5 Å². The molecule has 2 aliphatic heterocycles. The molecule has 3 aromatic rings. The highest BCUT2D eigenvalue weighted by Gasteiger charge is 2.46. The van der Waals surface area contributed by atoms with Crippen LogP contribution in [-0.2, 0) is 11.3 Å². The number of ketones is 1. The maximum absolute atomic E-state index is 13.5. The highest BCUT2D eigenvalue weighted by molar-refractivity contribution is 7.12. The lowest BCUT2D eigenvalue weighted by molar-refractivity contribution is -0.129. The lowest BCUT2D eigenvalue weighted by Crippen LogP contribution is -2.32. The number of carbonyl (C=O) groups is 2. The van der Waals surface area contributed by atoms with Crippen LogP contribution in [-0.4, -0.2) is 58.8 Å². The molecule has 0 spiro atoms. The van der Waals surface area contributed by atoms with Gasteiger partial charge in [0.15, 0.2) is 17.3 Å². The molecule has 5 rings (SSSR count). The summed E-state index contributed by atoms with van der Waals surface area (Å²) in [5.74, 6) is -0.264.